The molecule has 8 nitrogen and oxygen atoms in total. The Bertz CT molecular complexity index is 1040. The number of rotatable bonds is 9. The molecular weight excluding hydrogens is 448 g/mol. The summed E-state index contributed by atoms with van der Waals surface area (Å²) in [5.74, 6) is -1.59. The topological polar surface area (TPSA) is 116 Å². The van der Waals surface area contributed by atoms with Crippen LogP contribution in [0.2, 0.25) is 0 Å². The predicted octanol–water partition coefficient (Wildman–Crippen LogP) is 3.52. The van der Waals surface area contributed by atoms with Crippen molar-refractivity contribution < 1.29 is 29.3 Å². The molecule has 1 heterocycles. The second kappa shape index (κ2) is 10.9. The summed E-state index contributed by atoms with van der Waals surface area (Å²) >= 11 is 0. The van der Waals surface area contributed by atoms with Crippen LogP contribution in [0.4, 0.5) is 4.79 Å². The Kier molecular flexibility index (Phi) is 7.70. The third-order valence-electron chi connectivity index (χ3n) is 6.88. The highest BCUT2D eigenvalue weighted by Gasteiger charge is 2.39. The van der Waals surface area contributed by atoms with Crippen LogP contribution in [-0.4, -0.2) is 64.4 Å². The zero-order valence-electron chi connectivity index (χ0n) is 19.9. The van der Waals surface area contributed by atoms with Gasteiger partial charge in [-0.05, 0) is 28.7 Å². The normalized spacial score (nSPS) is 19.7. The largest absolute Gasteiger partial charge is 0.480 e. The van der Waals surface area contributed by atoms with Crippen LogP contribution in [0.25, 0.3) is 11.1 Å². The zero-order chi connectivity index (χ0) is 24.9. The summed E-state index contributed by atoms with van der Waals surface area (Å²) in [6.07, 6.45) is 0.771. The molecule has 2 unspecified atom stereocenters. The number of benzene rings is 2. The predicted molar refractivity (Wildman–Crippen MR) is 130 cm³/mol. The number of amides is 2. The Morgan fingerprint density at radius 2 is 1.71 bits per heavy atom. The Hall–Kier alpha value is -3.39. The maximum atomic E-state index is 12.9. The first kappa shape index (κ1) is 24.7. The minimum absolute atomic E-state index is 0.0127. The summed E-state index contributed by atoms with van der Waals surface area (Å²) < 4.78 is 5.62. The second-order valence-corrected chi connectivity index (χ2v) is 9.30. The number of aliphatic hydroxyl groups excluding tert-OH is 1. The standard InChI is InChI=1S/C27H32N2O6/c1-2-3-8-17(13-25(31)29-15-18(30)14-24(29)26(32)33)28-27(34)35-16-23-21-11-6-4-9-19(21)20-10-5-7-12-22(20)23/h4-7,9-12,17-18,23-24,30H,2-3,8,13-16H2,1H3,(H,28,34)(H,32,33)/t17-,18?,24?/m0/s1. The summed E-state index contributed by atoms with van der Waals surface area (Å²) in [5, 5.41) is 22.1. The molecule has 0 saturated carbocycles. The third-order valence-corrected chi connectivity index (χ3v) is 6.88. The summed E-state index contributed by atoms with van der Waals surface area (Å²) in [7, 11) is 0. The van der Waals surface area contributed by atoms with E-state index in [-0.39, 0.29) is 31.9 Å². The van der Waals surface area contributed by atoms with Gasteiger partial charge in [0.1, 0.15) is 12.6 Å². The minimum Gasteiger partial charge on any atom is -0.480 e. The van der Waals surface area contributed by atoms with Crippen molar-refractivity contribution in [3.8, 4) is 11.1 Å². The summed E-state index contributed by atoms with van der Waals surface area (Å²) in [5.41, 5.74) is 4.52. The van der Waals surface area contributed by atoms with Gasteiger partial charge in [0.15, 0.2) is 0 Å². The first-order valence-corrected chi connectivity index (χ1v) is 12.2. The number of alkyl carbamates (subject to hydrolysis) is 1. The number of carbonyl (C=O) groups is 3. The maximum absolute atomic E-state index is 12.9. The van der Waals surface area contributed by atoms with E-state index in [1.807, 2.05) is 43.3 Å². The third kappa shape index (κ3) is 5.48. The van der Waals surface area contributed by atoms with E-state index < -0.39 is 36.2 Å². The van der Waals surface area contributed by atoms with Gasteiger partial charge in [0.2, 0.25) is 5.91 Å². The number of hydrogen-bond acceptors (Lipinski definition) is 5. The van der Waals surface area contributed by atoms with Crippen molar-refractivity contribution >= 4 is 18.0 Å². The van der Waals surface area contributed by atoms with Crippen LogP contribution in [0, 0.1) is 0 Å². The van der Waals surface area contributed by atoms with Crippen LogP contribution < -0.4 is 5.32 Å². The first-order chi connectivity index (χ1) is 16.9. The smallest absolute Gasteiger partial charge is 0.407 e. The lowest BCUT2D eigenvalue weighted by molar-refractivity contribution is -0.148. The quantitative estimate of drug-likeness (QED) is 0.506. The van der Waals surface area contributed by atoms with Gasteiger partial charge in [0.25, 0.3) is 0 Å². The van der Waals surface area contributed by atoms with Gasteiger partial charge < -0.3 is 25.2 Å². The number of aliphatic carboxylic acids is 1. The second-order valence-electron chi connectivity index (χ2n) is 9.30. The van der Waals surface area contributed by atoms with Crippen molar-refractivity contribution in [2.45, 2.75) is 63.1 Å². The fourth-order valence-corrected chi connectivity index (χ4v) is 5.13. The number of β-amino-alcohol motifs (C(OH)–C–C–N with tert-alkyl or cyclic N) is 1. The highest BCUT2D eigenvalue weighted by atomic mass is 16.5. The van der Waals surface area contributed by atoms with Crippen LogP contribution in [0.3, 0.4) is 0 Å². The Morgan fingerprint density at radius 3 is 2.31 bits per heavy atom. The van der Waals surface area contributed by atoms with E-state index >= 15 is 0 Å². The van der Waals surface area contributed by atoms with Gasteiger partial charge >= 0.3 is 12.1 Å². The average molecular weight is 481 g/mol. The fraction of sp³-hybridized carbons (Fsp3) is 0.444. The SMILES string of the molecule is CCCC[C@@H](CC(=O)N1CC(O)CC1C(=O)O)NC(=O)OCC1c2ccccc2-c2ccccc21. The van der Waals surface area contributed by atoms with E-state index in [0.29, 0.717) is 6.42 Å². The number of nitrogens with one attached hydrogen (secondary N) is 1. The van der Waals surface area contributed by atoms with Gasteiger partial charge in [-0.1, -0.05) is 68.3 Å². The number of unbranched alkanes of at least 4 members (excludes halogenated alkanes) is 1. The number of nitrogens with zero attached hydrogens (tertiary/aromatic N) is 1. The summed E-state index contributed by atoms with van der Waals surface area (Å²) in [6.45, 7) is 2.18. The number of hydrogen-bond donors (Lipinski definition) is 3. The molecule has 1 fully saturated rings. The molecule has 35 heavy (non-hydrogen) atoms. The number of carboxylic acid groups (broad SMARTS) is 1. The molecule has 2 aromatic rings. The van der Waals surface area contributed by atoms with E-state index in [1.54, 1.807) is 0 Å². The van der Waals surface area contributed by atoms with E-state index in [2.05, 4.69) is 17.4 Å². The number of carboxylic acids is 1. The number of aliphatic hydroxyl groups is 1. The number of carbonyl (C=O) groups excluding carboxylic acids is 2. The lowest BCUT2D eigenvalue weighted by Gasteiger charge is -2.25. The van der Waals surface area contributed by atoms with Gasteiger partial charge in [-0.15, -0.1) is 0 Å². The van der Waals surface area contributed by atoms with Crippen LogP contribution in [-0.2, 0) is 14.3 Å². The molecule has 3 N–H and O–H groups in total. The van der Waals surface area contributed by atoms with Gasteiger partial charge in [0.05, 0.1) is 6.10 Å². The number of ether oxygens (including phenoxy) is 1. The van der Waals surface area contributed by atoms with Crippen molar-refractivity contribution in [1.29, 1.82) is 0 Å². The highest BCUT2D eigenvalue weighted by molar-refractivity contribution is 5.85. The van der Waals surface area contributed by atoms with Crippen LogP contribution in [0.1, 0.15) is 56.1 Å². The molecule has 1 aliphatic carbocycles. The minimum atomic E-state index is -1.13. The van der Waals surface area contributed by atoms with E-state index in [1.165, 1.54) is 4.90 Å². The molecule has 1 saturated heterocycles. The molecule has 0 radical (unpaired) electrons. The van der Waals surface area contributed by atoms with Gasteiger partial charge in [-0.25, -0.2) is 9.59 Å². The van der Waals surface area contributed by atoms with E-state index in [4.69, 9.17) is 4.74 Å². The van der Waals surface area contributed by atoms with Crippen molar-refractivity contribution in [3.63, 3.8) is 0 Å². The van der Waals surface area contributed by atoms with Crippen molar-refractivity contribution in [1.82, 2.24) is 10.2 Å². The van der Waals surface area contributed by atoms with Crippen molar-refractivity contribution in [2.75, 3.05) is 13.2 Å². The van der Waals surface area contributed by atoms with Crippen molar-refractivity contribution in [3.05, 3.63) is 59.7 Å². The molecule has 8 heteroatoms. The average Bonchev–Trinajstić information content (AvgIpc) is 3.39. The summed E-state index contributed by atoms with van der Waals surface area (Å²) in [6, 6.07) is 14.7. The first-order valence-electron chi connectivity index (χ1n) is 12.2. The molecule has 2 aromatic carbocycles. The molecule has 1 aliphatic heterocycles. The van der Waals surface area contributed by atoms with Crippen LogP contribution >= 0.6 is 0 Å². The fourth-order valence-electron chi connectivity index (χ4n) is 5.13. The molecule has 2 aliphatic rings. The molecular formula is C27H32N2O6. The molecule has 4 rings (SSSR count). The molecule has 186 valence electrons. The monoisotopic (exact) mass is 480 g/mol. The number of fused-ring (bicyclic) bond motifs is 3. The Morgan fingerprint density at radius 1 is 1.09 bits per heavy atom. The van der Waals surface area contributed by atoms with E-state index in [9.17, 15) is 24.6 Å². The van der Waals surface area contributed by atoms with Gasteiger partial charge in [-0.3, -0.25) is 4.79 Å². The molecule has 0 aromatic heterocycles. The maximum Gasteiger partial charge on any atom is 0.407 e. The van der Waals surface area contributed by atoms with Crippen LogP contribution in [0.5, 0.6) is 0 Å². The lowest BCUT2D eigenvalue weighted by atomic mass is 9.98. The van der Waals surface area contributed by atoms with Gasteiger partial charge in [0, 0.05) is 31.3 Å². The molecule has 3 atom stereocenters. The van der Waals surface area contributed by atoms with E-state index in [0.717, 1.165) is 35.1 Å². The van der Waals surface area contributed by atoms with Crippen LogP contribution in [0.15, 0.2) is 48.5 Å². The Balaban J connectivity index is 1.39. The molecule has 2 amide bonds. The molecule has 0 bridgehead atoms. The van der Waals surface area contributed by atoms with Crippen molar-refractivity contribution in [2.24, 2.45) is 0 Å². The lowest BCUT2D eigenvalue weighted by Crippen LogP contribution is -2.45. The highest BCUT2D eigenvalue weighted by Crippen LogP contribution is 2.44. The van der Waals surface area contributed by atoms with Gasteiger partial charge in [-0.2, -0.15) is 0 Å². The number of likely N-dealkylation sites (tertiary alicyclic amines) is 1. The Labute approximate surface area is 204 Å². The molecule has 0 spiro atoms. The zero-order valence-corrected chi connectivity index (χ0v) is 19.9. The summed E-state index contributed by atoms with van der Waals surface area (Å²) in [4.78, 5) is 38.3.